The molecule has 0 saturated carbocycles. The zero-order valence-corrected chi connectivity index (χ0v) is 22.8. The molecule has 2 saturated heterocycles. The SMILES string of the molecule is C[C@H]([C@@H](O)c1ccc(OC(=O)c2ccc(CN3CCCCC3)cc2)cc1)N1CCC(O)(c2ccccc2)CC1. The number of esters is 1. The Morgan fingerprint density at radius 3 is 2.15 bits per heavy atom. The van der Waals surface area contributed by atoms with Crippen molar-refractivity contribution in [2.24, 2.45) is 0 Å². The number of piperidine rings is 2. The third-order valence-corrected chi connectivity index (χ3v) is 8.45. The zero-order chi connectivity index (χ0) is 27.2. The molecule has 6 nitrogen and oxygen atoms in total. The van der Waals surface area contributed by atoms with Gasteiger partial charge in [0.2, 0.25) is 0 Å². The fourth-order valence-electron chi connectivity index (χ4n) is 5.84. The first kappa shape index (κ1) is 27.5. The van der Waals surface area contributed by atoms with Crippen LogP contribution in [-0.4, -0.2) is 58.2 Å². The number of aliphatic hydroxyl groups excluding tert-OH is 1. The Balaban J connectivity index is 1.13. The lowest BCUT2D eigenvalue weighted by Crippen LogP contribution is -2.47. The van der Waals surface area contributed by atoms with Crippen molar-refractivity contribution in [2.45, 2.75) is 63.3 Å². The first-order chi connectivity index (χ1) is 18.9. The normalized spacial score (nSPS) is 19.8. The summed E-state index contributed by atoms with van der Waals surface area (Å²) in [5.41, 5.74) is 2.64. The van der Waals surface area contributed by atoms with E-state index in [2.05, 4.69) is 9.80 Å². The predicted octanol–water partition coefficient (Wildman–Crippen LogP) is 5.30. The lowest BCUT2D eigenvalue weighted by molar-refractivity contribution is -0.0501. The van der Waals surface area contributed by atoms with E-state index in [0.29, 0.717) is 37.2 Å². The summed E-state index contributed by atoms with van der Waals surface area (Å²) < 4.78 is 5.60. The lowest BCUT2D eigenvalue weighted by atomic mass is 9.83. The van der Waals surface area contributed by atoms with E-state index in [1.54, 1.807) is 12.1 Å². The molecule has 2 heterocycles. The van der Waals surface area contributed by atoms with Crippen LogP contribution in [0.4, 0.5) is 0 Å². The van der Waals surface area contributed by atoms with Crippen molar-refractivity contribution < 1.29 is 19.7 Å². The highest BCUT2D eigenvalue weighted by molar-refractivity contribution is 5.91. The van der Waals surface area contributed by atoms with Crippen LogP contribution in [-0.2, 0) is 12.1 Å². The van der Waals surface area contributed by atoms with Crippen molar-refractivity contribution in [3.63, 3.8) is 0 Å². The van der Waals surface area contributed by atoms with Gasteiger partial charge in [-0.2, -0.15) is 0 Å². The van der Waals surface area contributed by atoms with E-state index in [0.717, 1.165) is 30.8 Å². The minimum Gasteiger partial charge on any atom is -0.423 e. The number of hydrogen-bond donors (Lipinski definition) is 2. The van der Waals surface area contributed by atoms with Crippen molar-refractivity contribution in [3.05, 3.63) is 101 Å². The summed E-state index contributed by atoms with van der Waals surface area (Å²) in [6.45, 7) is 6.63. The minimum atomic E-state index is -0.818. The molecule has 3 aromatic carbocycles. The Labute approximate surface area is 231 Å². The first-order valence-corrected chi connectivity index (χ1v) is 14.2. The maximum atomic E-state index is 12.7. The summed E-state index contributed by atoms with van der Waals surface area (Å²) in [5, 5.41) is 22.2. The van der Waals surface area contributed by atoms with E-state index in [1.165, 1.54) is 24.8 Å². The first-order valence-electron chi connectivity index (χ1n) is 14.2. The molecule has 2 aliphatic rings. The predicted molar refractivity (Wildman–Crippen MR) is 153 cm³/mol. The van der Waals surface area contributed by atoms with Gasteiger partial charge in [-0.25, -0.2) is 4.79 Å². The summed E-state index contributed by atoms with van der Waals surface area (Å²) in [6.07, 6.45) is 4.40. The lowest BCUT2D eigenvalue weighted by Gasteiger charge is -2.42. The van der Waals surface area contributed by atoms with Gasteiger partial charge in [-0.1, -0.05) is 61.0 Å². The summed E-state index contributed by atoms with van der Waals surface area (Å²) >= 11 is 0. The number of benzene rings is 3. The second-order valence-electron chi connectivity index (χ2n) is 11.1. The van der Waals surface area contributed by atoms with E-state index >= 15 is 0 Å². The molecule has 0 bridgehead atoms. The van der Waals surface area contributed by atoms with Crippen LogP contribution in [0.3, 0.4) is 0 Å². The molecule has 2 N–H and O–H groups in total. The molecule has 0 aromatic heterocycles. The van der Waals surface area contributed by atoms with E-state index < -0.39 is 11.7 Å². The van der Waals surface area contributed by atoms with Crippen molar-refractivity contribution in [3.8, 4) is 5.75 Å². The third kappa shape index (κ3) is 6.76. The molecule has 39 heavy (non-hydrogen) atoms. The Morgan fingerprint density at radius 1 is 0.872 bits per heavy atom. The molecule has 0 spiro atoms. The van der Waals surface area contributed by atoms with Crippen LogP contribution in [0.2, 0.25) is 0 Å². The number of rotatable bonds is 8. The second kappa shape index (κ2) is 12.4. The van der Waals surface area contributed by atoms with Gasteiger partial charge in [-0.05, 0) is 86.7 Å². The standard InChI is InChI=1S/C33H40N2O4/c1-25(35-22-18-33(38,19-23-35)29-8-4-2-5-9-29)31(36)27-14-16-30(17-15-27)39-32(37)28-12-10-26(11-13-28)24-34-20-6-3-7-21-34/h2,4-5,8-17,25,31,36,38H,3,6-7,18-24H2,1H3/t25-,31-/m1/s1. The maximum absolute atomic E-state index is 12.7. The van der Waals surface area contributed by atoms with Crippen molar-refractivity contribution in [2.75, 3.05) is 26.2 Å². The van der Waals surface area contributed by atoms with Crippen LogP contribution in [0, 0.1) is 0 Å². The van der Waals surface area contributed by atoms with Gasteiger partial charge in [-0.3, -0.25) is 9.80 Å². The highest BCUT2D eigenvalue weighted by Gasteiger charge is 2.36. The largest absolute Gasteiger partial charge is 0.423 e. The van der Waals surface area contributed by atoms with Crippen LogP contribution in [0.1, 0.15) is 72.2 Å². The Kier molecular flexibility index (Phi) is 8.78. The number of carbonyl (C=O) groups is 1. The summed E-state index contributed by atoms with van der Waals surface area (Å²) in [5.74, 6) is 0.0623. The van der Waals surface area contributed by atoms with Crippen molar-refractivity contribution in [1.29, 1.82) is 0 Å². The smallest absolute Gasteiger partial charge is 0.343 e. The minimum absolute atomic E-state index is 0.109. The fraction of sp³-hybridized carbons (Fsp3) is 0.424. The molecular weight excluding hydrogens is 488 g/mol. The van der Waals surface area contributed by atoms with E-state index in [-0.39, 0.29) is 12.0 Å². The fourth-order valence-corrected chi connectivity index (χ4v) is 5.84. The molecule has 2 aliphatic heterocycles. The third-order valence-electron chi connectivity index (χ3n) is 8.45. The molecular formula is C33H40N2O4. The van der Waals surface area contributed by atoms with E-state index in [1.807, 2.05) is 73.7 Å². The molecule has 206 valence electrons. The van der Waals surface area contributed by atoms with Crippen LogP contribution in [0.15, 0.2) is 78.9 Å². The van der Waals surface area contributed by atoms with Crippen LogP contribution < -0.4 is 4.74 Å². The van der Waals surface area contributed by atoms with Gasteiger partial charge in [0.15, 0.2) is 0 Å². The summed E-state index contributed by atoms with van der Waals surface area (Å²) in [4.78, 5) is 17.4. The maximum Gasteiger partial charge on any atom is 0.343 e. The number of aliphatic hydroxyl groups is 2. The van der Waals surface area contributed by atoms with Gasteiger partial charge in [0.25, 0.3) is 0 Å². The molecule has 0 radical (unpaired) electrons. The molecule has 0 unspecified atom stereocenters. The molecule has 0 aliphatic carbocycles. The van der Waals surface area contributed by atoms with Gasteiger partial charge in [-0.15, -0.1) is 0 Å². The monoisotopic (exact) mass is 528 g/mol. The van der Waals surface area contributed by atoms with Gasteiger partial charge in [0, 0.05) is 25.7 Å². The Bertz CT molecular complexity index is 1200. The van der Waals surface area contributed by atoms with Gasteiger partial charge >= 0.3 is 5.97 Å². The van der Waals surface area contributed by atoms with Crippen molar-refractivity contribution in [1.82, 2.24) is 9.80 Å². The van der Waals surface area contributed by atoms with E-state index in [9.17, 15) is 15.0 Å². The number of ether oxygens (including phenoxy) is 1. The number of nitrogens with zero attached hydrogens (tertiary/aromatic N) is 2. The van der Waals surface area contributed by atoms with Crippen molar-refractivity contribution >= 4 is 5.97 Å². The quantitative estimate of drug-likeness (QED) is 0.306. The average Bonchev–Trinajstić information content (AvgIpc) is 2.98. The zero-order valence-electron chi connectivity index (χ0n) is 22.8. The molecule has 5 rings (SSSR count). The van der Waals surface area contributed by atoms with Gasteiger partial charge in [0.05, 0.1) is 17.3 Å². The molecule has 3 aromatic rings. The van der Waals surface area contributed by atoms with Crippen LogP contribution >= 0.6 is 0 Å². The highest BCUT2D eigenvalue weighted by atomic mass is 16.5. The molecule has 6 heteroatoms. The highest BCUT2D eigenvalue weighted by Crippen LogP contribution is 2.35. The summed E-state index contributed by atoms with van der Waals surface area (Å²) in [6, 6.07) is 24.5. The van der Waals surface area contributed by atoms with Gasteiger partial charge < -0.3 is 14.9 Å². The molecule has 0 amide bonds. The number of likely N-dealkylation sites (tertiary alicyclic amines) is 2. The number of carbonyl (C=O) groups excluding carboxylic acids is 1. The second-order valence-corrected chi connectivity index (χ2v) is 11.1. The van der Waals surface area contributed by atoms with Gasteiger partial charge in [0.1, 0.15) is 5.75 Å². The Morgan fingerprint density at radius 2 is 1.51 bits per heavy atom. The van der Waals surface area contributed by atoms with E-state index in [4.69, 9.17) is 4.74 Å². The Hall–Kier alpha value is -3.03. The number of hydrogen-bond acceptors (Lipinski definition) is 6. The molecule has 2 fully saturated rings. The van der Waals surface area contributed by atoms with Crippen LogP contribution in [0.5, 0.6) is 5.75 Å². The average molecular weight is 529 g/mol. The summed E-state index contributed by atoms with van der Waals surface area (Å²) in [7, 11) is 0. The van der Waals surface area contributed by atoms with Crippen LogP contribution in [0.25, 0.3) is 0 Å². The topological polar surface area (TPSA) is 73.2 Å². The molecule has 2 atom stereocenters.